The number of nitrogens with zero attached hydrogens (tertiary/aromatic N) is 1. The normalized spacial score (nSPS) is 11.7. The number of ether oxygens (including phenoxy) is 1. The molecule has 0 radical (unpaired) electrons. The minimum absolute atomic E-state index is 0.147. The highest BCUT2D eigenvalue weighted by Crippen LogP contribution is 2.21. The second-order valence-electron chi connectivity index (χ2n) is 5.41. The van der Waals surface area contributed by atoms with Gasteiger partial charge in [-0.05, 0) is 31.9 Å². The number of methoxy groups -OCH3 is 1. The molecule has 1 aromatic carbocycles. The molecule has 0 spiro atoms. The van der Waals surface area contributed by atoms with E-state index in [1.807, 2.05) is 32.9 Å². The number of rotatable bonds is 7. The molecule has 1 aromatic rings. The number of benzene rings is 1. The van der Waals surface area contributed by atoms with Crippen molar-refractivity contribution < 1.29 is 17.9 Å². The summed E-state index contributed by atoms with van der Waals surface area (Å²) in [5.41, 5.74) is 3.75. The monoisotopic (exact) mass is 328 g/mol. The van der Waals surface area contributed by atoms with Crippen LogP contribution in [0.2, 0.25) is 0 Å². The largest absolute Gasteiger partial charge is 0.383 e. The van der Waals surface area contributed by atoms with Crippen molar-refractivity contribution in [2.45, 2.75) is 20.8 Å². The van der Waals surface area contributed by atoms with Crippen LogP contribution in [0.15, 0.2) is 12.1 Å². The minimum Gasteiger partial charge on any atom is -0.383 e. The van der Waals surface area contributed by atoms with Crippen LogP contribution in [0.4, 0.5) is 5.69 Å². The van der Waals surface area contributed by atoms with Crippen molar-refractivity contribution >= 4 is 21.6 Å². The van der Waals surface area contributed by atoms with E-state index in [-0.39, 0.29) is 25.6 Å². The summed E-state index contributed by atoms with van der Waals surface area (Å²) in [4.78, 5) is 12.2. The molecule has 0 aliphatic heterocycles. The average molecular weight is 328 g/mol. The van der Waals surface area contributed by atoms with E-state index < -0.39 is 10.0 Å². The van der Waals surface area contributed by atoms with Gasteiger partial charge in [-0.25, -0.2) is 8.42 Å². The van der Waals surface area contributed by atoms with Gasteiger partial charge in [-0.1, -0.05) is 17.7 Å². The zero-order chi connectivity index (χ0) is 16.9. The second kappa shape index (κ2) is 7.71. The van der Waals surface area contributed by atoms with Crippen LogP contribution in [0, 0.1) is 20.8 Å². The molecule has 1 N–H and O–H groups in total. The maximum atomic E-state index is 12.2. The zero-order valence-corrected chi connectivity index (χ0v) is 14.6. The van der Waals surface area contributed by atoms with Crippen LogP contribution in [-0.2, 0) is 19.6 Å². The standard InChI is InChI=1S/C15H24N2O4S/c1-11-8-12(2)15(13(3)9-11)16-14(18)10-17(6-7-21-4)22(5,19)20/h8-9H,6-7,10H2,1-5H3,(H,16,18). The van der Waals surface area contributed by atoms with E-state index in [0.717, 1.165) is 32.9 Å². The summed E-state index contributed by atoms with van der Waals surface area (Å²) in [6, 6.07) is 3.95. The minimum atomic E-state index is -3.46. The van der Waals surface area contributed by atoms with Crippen LogP contribution >= 0.6 is 0 Å². The molecular formula is C15H24N2O4S. The molecule has 0 aromatic heterocycles. The van der Waals surface area contributed by atoms with Crippen molar-refractivity contribution in [3.05, 3.63) is 28.8 Å². The Morgan fingerprint density at radius 3 is 2.23 bits per heavy atom. The number of sulfonamides is 1. The molecule has 0 unspecified atom stereocenters. The topological polar surface area (TPSA) is 75.7 Å². The number of hydrogen-bond donors (Lipinski definition) is 1. The third-order valence-corrected chi connectivity index (χ3v) is 4.52. The molecule has 0 aliphatic rings. The summed E-state index contributed by atoms with van der Waals surface area (Å²) in [5.74, 6) is -0.364. The van der Waals surface area contributed by atoms with Gasteiger partial charge in [0.25, 0.3) is 0 Å². The first kappa shape index (κ1) is 18.6. The molecule has 7 heteroatoms. The second-order valence-corrected chi connectivity index (χ2v) is 7.39. The van der Waals surface area contributed by atoms with Gasteiger partial charge < -0.3 is 10.1 Å². The number of aryl methyl sites for hydroxylation is 3. The molecule has 0 heterocycles. The molecule has 0 atom stereocenters. The number of nitrogens with one attached hydrogen (secondary N) is 1. The fourth-order valence-corrected chi connectivity index (χ4v) is 3.03. The van der Waals surface area contributed by atoms with E-state index in [0.29, 0.717) is 0 Å². The van der Waals surface area contributed by atoms with E-state index in [2.05, 4.69) is 5.32 Å². The van der Waals surface area contributed by atoms with Gasteiger partial charge in [-0.3, -0.25) is 4.79 Å². The average Bonchev–Trinajstić information content (AvgIpc) is 2.37. The van der Waals surface area contributed by atoms with E-state index >= 15 is 0 Å². The number of amides is 1. The third-order valence-electron chi connectivity index (χ3n) is 3.28. The Morgan fingerprint density at radius 2 is 1.77 bits per heavy atom. The van der Waals surface area contributed by atoms with Gasteiger partial charge in [0.1, 0.15) is 0 Å². The number of carbonyl (C=O) groups is 1. The number of hydrogen-bond acceptors (Lipinski definition) is 4. The van der Waals surface area contributed by atoms with Crippen LogP contribution in [0.25, 0.3) is 0 Å². The van der Waals surface area contributed by atoms with Gasteiger partial charge in [-0.15, -0.1) is 0 Å². The molecule has 0 bridgehead atoms. The van der Waals surface area contributed by atoms with Crippen molar-refractivity contribution in [2.75, 3.05) is 38.4 Å². The molecular weight excluding hydrogens is 304 g/mol. The molecule has 1 amide bonds. The first-order valence-corrected chi connectivity index (χ1v) is 8.81. The van der Waals surface area contributed by atoms with Crippen LogP contribution < -0.4 is 5.32 Å². The maximum Gasteiger partial charge on any atom is 0.239 e. The Bertz CT molecular complexity index is 618. The van der Waals surface area contributed by atoms with Crippen LogP contribution in [-0.4, -0.2) is 51.7 Å². The molecule has 6 nitrogen and oxygen atoms in total. The highest BCUT2D eigenvalue weighted by atomic mass is 32.2. The number of anilines is 1. The summed E-state index contributed by atoms with van der Waals surface area (Å²) in [7, 11) is -1.97. The molecule has 0 saturated heterocycles. The van der Waals surface area contributed by atoms with E-state index in [1.54, 1.807) is 0 Å². The summed E-state index contributed by atoms with van der Waals surface area (Å²) >= 11 is 0. The SMILES string of the molecule is COCCN(CC(=O)Nc1c(C)cc(C)cc1C)S(C)(=O)=O. The van der Waals surface area contributed by atoms with Gasteiger partial charge in [0.15, 0.2) is 0 Å². The predicted molar refractivity (Wildman–Crippen MR) is 87.6 cm³/mol. The Morgan fingerprint density at radius 1 is 1.23 bits per heavy atom. The first-order valence-electron chi connectivity index (χ1n) is 6.97. The smallest absolute Gasteiger partial charge is 0.239 e. The van der Waals surface area contributed by atoms with Crippen LogP contribution in [0.1, 0.15) is 16.7 Å². The lowest BCUT2D eigenvalue weighted by molar-refractivity contribution is -0.116. The van der Waals surface area contributed by atoms with Gasteiger partial charge in [0, 0.05) is 19.3 Å². The van der Waals surface area contributed by atoms with Crippen molar-refractivity contribution in [3.8, 4) is 0 Å². The van der Waals surface area contributed by atoms with Crippen LogP contribution in [0.3, 0.4) is 0 Å². The van der Waals surface area contributed by atoms with Crippen molar-refractivity contribution in [1.82, 2.24) is 4.31 Å². The third kappa shape index (κ3) is 5.40. The van der Waals surface area contributed by atoms with Crippen molar-refractivity contribution in [1.29, 1.82) is 0 Å². The molecule has 1 rings (SSSR count). The Kier molecular flexibility index (Phi) is 6.52. The predicted octanol–water partition coefficient (Wildman–Crippen LogP) is 1.46. The fourth-order valence-electron chi connectivity index (χ4n) is 2.27. The van der Waals surface area contributed by atoms with Crippen molar-refractivity contribution in [2.24, 2.45) is 0 Å². The van der Waals surface area contributed by atoms with Crippen LogP contribution in [0.5, 0.6) is 0 Å². The number of carbonyl (C=O) groups excluding carboxylic acids is 1. The highest BCUT2D eigenvalue weighted by Gasteiger charge is 2.20. The molecule has 124 valence electrons. The Balaban J connectivity index is 2.84. The van der Waals surface area contributed by atoms with Crippen molar-refractivity contribution in [3.63, 3.8) is 0 Å². The quantitative estimate of drug-likeness (QED) is 0.822. The molecule has 0 fully saturated rings. The highest BCUT2D eigenvalue weighted by molar-refractivity contribution is 7.88. The van der Waals surface area contributed by atoms with Gasteiger partial charge in [0.2, 0.25) is 15.9 Å². The van der Waals surface area contributed by atoms with E-state index in [9.17, 15) is 13.2 Å². The lowest BCUT2D eigenvalue weighted by atomic mass is 10.1. The lowest BCUT2D eigenvalue weighted by Gasteiger charge is -2.20. The van der Waals surface area contributed by atoms with E-state index in [4.69, 9.17) is 4.74 Å². The summed E-state index contributed by atoms with van der Waals surface area (Å²) < 4.78 is 29.4. The van der Waals surface area contributed by atoms with E-state index in [1.165, 1.54) is 7.11 Å². The fraction of sp³-hybridized carbons (Fsp3) is 0.533. The Labute approximate surface area is 132 Å². The molecule has 22 heavy (non-hydrogen) atoms. The molecule has 0 saturated carbocycles. The zero-order valence-electron chi connectivity index (χ0n) is 13.8. The Hall–Kier alpha value is -1.44. The first-order chi connectivity index (χ1) is 10.1. The summed E-state index contributed by atoms with van der Waals surface area (Å²) in [5, 5.41) is 2.80. The van der Waals surface area contributed by atoms with Gasteiger partial charge in [-0.2, -0.15) is 4.31 Å². The lowest BCUT2D eigenvalue weighted by Crippen LogP contribution is -2.39. The summed E-state index contributed by atoms with van der Waals surface area (Å²) in [6.07, 6.45) is 1.08. The molecule has 0 aliphatic carbocycles. The maximum absolute atomic E-state index is 12.2. The van der Waals surface area contributed by atoms with Gasteiger partial charge >= 0.3 is 0 Å². The summed E-state index contributed by atoms with van der Waals surface area (Å²) in [6.45, 7) is 5.97. The van der Waals surface area contributed by atoms with Gasteiger partial charge in [0.05, 0.1) is 19.4 Å².